The molecule has 0 aromatic rings. The Morgan fingerprint density at radius 1 is 1.67 bits per heavy atom. The van der Waals surface area contributed by atoms with Gasteiger partial charge in [0.25, 0.3) is 0 Å². The number of primary amides is 1. The number of carbonyl (C=O) groups excluding carboxylic acids is 1. The number of carbonyl (C=O) groups is 1. The second-order valence-electron chi connectivity index (χ2n) is 2.12. The predicted molar refractivity (Wildman–Crippen MR) is 32.7 cm³/mol. The summed E-state index contributed by atoms with van der Waals surface area (Å²) in [7, 11) is 0. The van der Waals surface area contributed by atoms with Gasteiger partial charge in [-0.05, 0) is 12.5 Å². The molecule has 1 heterocycles. The normalized spacial score (nSPS) is 18.8. The first kappa shape index (κ1) is 6.29. The van der Waals surface area contributed by atoms with Crippen LogP contribution in [0.25, 0.3) is 0 Å². The van der Waals surface area contributed by atoms with Crippen molar-refractivity contribution in [1.82, 2.24) is 0 Å². The molecule has 0 radical (unpaired) electrons. The maximum absolute atomic E-state index is 10.5. The van der Waals surface area contributed by atoms with Crippen molar-refractivity contribution in [1.29, 1.82) is 0 Å². The smallest absolute Gasteiger partial charge is 0.246 e. The summed E-state index contributed by atoms with van der Waals surface area (Å²) in [5, 5.41) is 0. The van der Waals surface area contributed by atoms with E-state index in [0.717, 1.165) is 5.57 Å². The van der Waals surface area contributed by atoms with Crippen molar-refractivity contribution < 1.29 is 9.53 Å². The zero-order valence-corrected chi connectivity index (χ0v) is 5.31. The maximum atomic E-state index is 10.5. The average molecular weight is 127 g/mol. The lowest BCUT2D eigenvalue weighted by molar-refractivity contribution is -0.114. The summed E-state index contributed by atoms with van der Waals surface area (Å²) < 4.78 is 4.96. The van der Waals surface area contributed by atoms with Crippen LogP contribution in [-0.4, -0.2) is 19.1 Å². The van der Waals surface area contributed by atoms with Gasteiger partial charge in [0.05, 0.1) is 13.2 Å². The lowest BCUT2D eigenvalue weighted by Crippen LogP contribution is -2.15. The Balaban J connectivity index is 2.78. The number of ether oxygens (including phenoxy) is 1. The Morgan fingerprint density at radius 2 is 2.33 bits per heavy atom. The standard InChI is InChI=1S/C6H9NO2/c1-4-2-9-3-5(4)6(7)8/h2-3H2,1H3,(H2,7,8). The third-order valence-corrected chi connectivity index (χ3v) is 1.38. The van der Waals surface area contributed by atoms with E-state index in [1.165, 1.54) is 0 Å². The SMILES string of the molecule is CC1=C(C(N)=O)COC1. The summed E-state index contributed by atoms with van der Waals surface area (Å²) in [5.41, 5.74) is 6.61. The first-order chi connectivity index (χ1) is 4.22. The van der Waals surface area contributed by atoms with E-state index in [4.69, 9.17) is 10.5 Å². The molecule has 0 aliphatic carbocycles. The van der Waals surface area contributed by atoms with Gasteiger partial charge >= 0.3 is 0 Å². The van der Waals surface area contributed by atoms with E-state index in [1.54, 1.807) is 0 Å². The van der Waals surface area contributed by atoms with Crippen LogP contribution in [0.2, 0.25) is 0 Å². The highest BCUT2D eigenvalue weighted by Crippen LogP contribution is 2.11. The molecule has 3 nitrogen and oxygen atoms in total. The fraction of sp³-hybridized carbons (Fsp3) is 0.500. The second-order valence-corrected chi connectivity index (χ2v) is 2.12. The van der Waals surface area contributed by atoms with Crippen LogP contribution in [0.5, 0.6) is 0 Å². The molecule has 0 saturated carbocycles. The van der Waals surface area contributed by atoms with Crippen LogP contribution in [-0.2, 0) is 9.53 Å². The van der Waals surface area contributed by atoms with Crippen LogP contribution >= 0.6 is 0 Å². The summed E-state index contributed by atoms with van der Waals surface area (Å²) in [6.07, 6.45) is 0. The molecular weight excluding hydrogens is 118 g/mol. The van der Waals surface area contributed by atoms with E-state index in [9.17, 15) is 4.79 Å². The number of hydrogen-bond acceptors (Lipinski definition) is 2. The van der Waals surface area contributed by atoms with Gasteiger partial charge in [-0.2, -0.15) is 0 Å². The fourth-order valence-electron chi connectivity index (χ4n) is 0.798. The average Bonchev–Trinajstić information content (AvgIpc) is 2.13. The lowest BCUT2D eigenvalue weighted by Gasteiger charge is -1.91. The molecule has 50 valence electrons. The highest BCUT2D eigenvalue weighted by Gasteiger charge is 2.14. The molecule has 1 rings (SSSR count). The zero-order valence-electron chi connectivity index (χ0n) is 5.31. The van der Waals surface area contributed by atoms with Gasteiger partial charge in [-0.3, -0.25) is 4.79 Å². The molecule has 1 aliphatic rings. The maximum Gasteiger partial charge on any atom is 0.246 e. The molecule has 0 aromatic heterocycles. The van der Waals surface area contributed by atoms with E-state index >= 15 is 0 Å². The van der Waals surface area contributed by atoms with Gasteiger partial charge in [-0.25, -0.2) is 0 Å². The first-order valence-corrected chi connectivity index (χ1v) is 2.78. The molecule has 0 unspecified atom stereocenters. The quantitative estimate of drug-likeness (QED) is 0.531. The topological polar surface area (TPSA) is 52.3 Å². The van der Waals surface area contributed by atoms with E-state index in [2.05, 4.69) is 0 Å². The number of rotatable bonds is 1. The highest BCUT2D eigenvalue weighted by atomic mass is 16.5. The van der Waals surface area contributed by atoms with Gasteiger partial charge in [-0.1, -0.05) is 0 Å². The Morgan fingerprint density at radius 3 is 2.56 bits per heavy atom. The van der Waals surface area contributed by atoms with Crippen LogP contribution in [0.15, 0.2) is 11.1 Å². The molecule has 0 bridgehead atoms. The van der Waals surface area contributed by atoms with E-state index in [0.29, 0.717) is 18.8 Å². The molecule has 0 atom stereocenters. The van der Waals surface area contributed by atoms with Crippen LogP contribution in [0, 0.1) is 0 Å². The molecule has 1 aliphatic heterocycles. The molecule has 0 fully saturated rings. The van der Waals surface area contributed by atoms with Crippen LogP contribution in [0.4, 0.5) is 0 Å². The second kappa shape index (κ2) is 2.19. The van der Waals surface area contributed by atoms with Crippen molar-refractivity contribution in [2.24, 2.45) is 5.73 Å². The van der Waals surface area contributed by atoms with Crippen molar-refractivity contribution in [3.63, 3.8) is 0 Å². The first-order valence-electron chi connectivity index (χ1n) is 2.78. The van der Waals surface area contributed by atoms with E-state index in [-0.39, 0.29) is 5.91 Å². The predicted octanol–water partition coefficient (Wildman–Crippen LogP) is -0.182. The summed E-state index contributed by atoms with van der Waals surface area (Å²) in [5.74, 6) is -0.356. The number of nitrogens with two attached hydrogens (primary N) is 1. The van der Waals surface area contributed by atoms with Crippen LogP contribution < -0.4 is 5.73 Å². The Kier molecular flexibility index (Phi) is 1.53. The lowest BCUT2D eigenvalue weighted by atomic mass is 10.2. The van der Waals surface area contributed by atoms with Crippen molar-refractivity contribution in [3.05, 3.63) is 11.1 Å². The van der Waals surface area contributed by atoms with Gasteiger partial charge in [0.1, 0.15) is 0 Å². The summed E-state index contributed by atoms with van der Waals surface area (Å²) >= 11 is 0. The van der Waals surface area contributed by atoms with Gasteiger partial charge < -0.3 is 10.5 Å². The summed E-state index contributed by atoms with van der Waals surface area (Å²) in [4.78, 5) is 10.5. The minimum absolute atomic E-state index is 0.356. The summed E-state index contributed by atoms with van der Waals surface area (Å²) in [6.45, 7) is 2.80. The van der Waals surface area contributed by atoms with Gasteiger partial charge in [0, 0.05) is 5.57 Å². The molecule has 0 aromatic carbocycles. The summed E-state index contributed by atoms with van der Waals surface area (Å²) in [6, 6.07) is 0. The minimum Gasteiger partial charge on any atom is -0.372 e. The molecular formula is C6H9NO2. The Hall–Kier alpha value is -0.830. The van der Waals surface area contributed by atoms with Gasteiger partial charge in [0.15, 0.2) is 0 Å². The third kappa shape index (κ3) is 1.10. The Bertz CT molecular complexity index is 172. The van der Waals surface area contributed by atoms with Crippen molar-refractivity contribution in [3.8, 4) is 0 Å². The molecule has 1 amide bonds. The molecule has 2 N–H and O–H groups in total. The molecule has 9 heavy (non-hydrogen) atoms. The minimum atomic E-state index is -0.356. The third-order valence-electron chi connectivity index (χ3n) is 1.38. The molecule has 3 heteroatoms. The molecule has 0 saturated heterocycles. The van der Waals surface area contributed by atoms with Crippen molar-refractivity contribution >= 4 is 5.91 Å². The number of amides is 1. The van der Waals surface area contributed by atoms with Gasteiger partial charge in [-0.15, -0.1) is 0 Å². The van der Waals surface area contributed by atoms with Crippen molar-refractivity contribution in [2.45, 2.75) is 6.92 Å². The van der Waals surface area contributed by atoms with Crippen molar-refractivity contribution in [2.75, 3.05) is 13.2 Å². The van der Waals surface area contributed by atoms with E-state index < -0.39 is 0 Å². The number of hydrogen-bond donors (Lipinski definition) is 1. The van der Waals surface area contributed by atoms with Crippen LogP contribution in [0.3, 0.4) is 0 Å². The highest BCUT2D eigenvalue weighted by molar-refractivity contribution is 5.93. The zero-order chi connectivity index (χ0) is 6.85. The monoisotopic (exact) mass is 127 g/mol. The van der Waals surface area contributed by atoms with Crippen LogP contribution in [0.1, 0.15) is 6.92 Å². The largest absolute Gasteiger partial charge is 0.372 e. The fourth-order valence-corrected chi connectivity index (χ4v) is 0.798. The Labute approximate surface area is 53.5 Å². The van der Waals surface area contributed by atoms with Gasteiger partial charge in [0.2, 0.25) is 5.91 Å². The molecule has 0 spiro atoms. The van der Waals surface area contributed by atoms with E-state index in [1.807, 2.05) is 6.92 Å².